The van der Waals surface area contributed by atoms with Gasteiger partial charge in [0, 0.05) is 12.3 Å². The quantitative estimate of drug-likeness (QED) is 0.484. The number of carbonyl (C=O) groups is 1. The van der Waals surface area contributed by atoms with Gasteiger partial charge in [-0.05, 0) is 24.7 Å². The second-order valence-corrected chi connectivity index (χ2v) is 3.79. The van der Waals surface area contributed by atoms with E-state index in [9.17, 15) is 4.79 Å². The first-order valence-corrected chi connectivity index (χ1v) is 4.50. The molecule has 2 rings (SSSR count). The van der Waals surface area contributed by atoms with Crippen LogP contribution in [0.25, 0.3) is 0 Å². The summed E-state index contributed by atoms with van der Waals surface area (Å²) in [5.41, 5.74) is 0. The van der Waals surface area contributed by atoms with Crippen molar-refractivity contribution in [2.45, 2.75) is 26.2 Å². The van der Waals surface area contributed by atoms with Gasteiger partial charge in [-0.1, -0.05) is 19.1 Å². The Hall–Kier alpha value is -0.590. The van der Waals surface area contributed by atoms with E-state index < -0.39 is 0 Å². The van der Waals surface area contributed by atoms with E-state index in [2.05, 4.69) is 19.1 Å². The maximum Gasteiger partial charge on any atom is 0.137 e. The van der Waals surface area contributed by atoms with Crippen molar-refractivity contribution in [3.05, 3.63) is 12.2 Å². The molecule has 0 amide bonds. The van der Waals surface area contributed by atoms with Crippen LogP contribution >= 0.6 is 0 Å². The molecule has 2 aliphatic rings. The van der Waals surface area contributed by atoms with E-state index in [0.29, 0.717) is 23.5 Å². The van der Waals surface area contributed by atoms with Crippen LogP contribution in [0.5, 0.6) is 0 Å². The predicted molar refractivity (Wildman–Crippen MR) is 44.1 cm³/mol. The third-order valence-electron chi connectivity index (χ3n) is 3.02. The Kier molecular flexibility index (Phi) is 1.59. The highest BCUT2D eigenvalue weighted by molar-refractivity contribution is 5.83. The van der Waals surface area contributed by atoms with E-state index in [1.807, 2.05) is 0 Å². The summed E-state index contributed by atoms with van der Waals surface area (Å²) in [6.45, 7) is 2.16. The summed E-state index contributed by atoms with van der Waals surface area (Å²) < 4.78 is 0. The van der Waals surface area contributed by atoms with Crippen LogP contribution in [-0.2, 0) is 4.79 Å². The van der Waals surface area contributed by atoms with Gasteiger partial charge in [-0.2, -0.15) is 0 Å². The number of allylic oxidation sites excluding steroid dienone is 2. The van der Waals surface area contributed by atoms with E-state index in [1.165, 1.54) is 6.42 Å². The molecule has 60 valence electrons. The Morgan fingerprint density at radius 3 is 3.00 bits per heavy atom. The SMILES string of the molecule is C[C@H]1C=C[C@H]2CCCC(=O)[C@@H]12. The Bertz CT molecular complexity index is 205. The summed E-state index contributed by atoms with van der Waals surface area (Å²) in [5.74, 6) is 1.95. The number of ketones is 1. The van der Waals surface area contributed by atoms with Crippen molar-refractivity contribution in [3.63, 3.8) is 0 Å². The fraction of sp³-hybridized carbons (Fsp3) is 0.700. The Morgan fingerprint density at radius 1 is 1.45 bits per heavy atom. The molecule has 0 bridgehead atoms. The van der Waals surface area contributed by atoms with Gasteiger partial charge in [0.1, 0.15) is 5.78 Å². The van der Waals surface area contributed by atoms with Crippen molar-refractivity contribution in [1.82, 2.24) is 0 Å². The molecule has 0 aromatic rings. The van der Waals surface area contributed by atoms with Crippen LogP contribution in [0.3, 0.4) is 0 Å². The summed E-state index contributed by atoms with van der Waals surface area (Å²) in [6.07, 6.45) is 7.62. The second-order valence-electron chi connectivity index (χ2n) is 3.79. The third kappa shape index (κ3) is 1.03. The van der Waals surface area contributed by atoms with Gasteiger partial charge < -0.3 is 0 Å². The summed E-state index contributed by atoms with van der Waals surface area (Å²) in [7, 11) is 0. The van der Waals surface area contributed by atoms with Gasteiger partial charge in [0.25, 0.3) is 0 Å². The van der Waals surface area contributed by atoms with Gasteiger partial charge in [-0.15, -0.1) is 0 Å². The van der Waals surface area contributed by atoms with Gasteiger partial charge in [0.2, 0.25) is 0 Å². The van der Waals surface area contributed by atoms with Crippen molar-refractivity contribution in [2.24, 2.45) is 17.8 Å². The molecule has 0 saturated heterocycles. The van der Waals surface area contributed by atoms with E-state index in [1.54, 1.807) is 0 Å². The normalized spacial score (nSPS) is 42.6. The summed E-state index contributed by atoms with van der Waals surface area (Å²) in [5, 5.41) is 0. The van der Waals surface area contributed by atoms with E-state index in [0.717, 1.165) is 12.8 Å². The van der Waals surface area contributed by atoms with Gasteiger partial charge in [0.15, 0.2) is 0 Å². The van der Waals surface area contributed by atoms with E-state index >= 15 is 0 Å². The van der Waals surface area contributed by atoms with Gasteiger partial charge in [-0.25, -0.2) is 0 Å². The molecule has 0 aliphatic heterocycles. The number of hydrogen-bond acceptors (Lipinski definition) is 1. The smallest absolute Gasteiger partial charge is 0.137 e. The van der Waals surface area contributed by atoms with E-state index in [4.69, 9.17) is 0 Å². The zero-order chi connectivity index (χ0) is 7.84. The van der Waals surface area contributed by atoms with Crippen LogP contribution in [0.2, 0.25) is 0 Å². The topological polar surface area (TPSA) is 17.1 Å². The van der Waals surface area contributed by atoms with Crippen molar-refractivity contribution in [1.29, 1.82) is 0 Å². The fourth-order valence-electron chi connectivity index (χ4n) is 2.43. The molecule has 1 fully saturated rings. The second kappa shape index (κ2) is 2.47. The lowest BCUT2D eigenvalue weighted by molar-refractivity contribution is -0.126. The largest absolute Gasteiger partial charge is 0.299 e. The molecular weight excluding hydrogens is 136 g/mol. The molecule has 1 saturated carbocycles. The standard InChI is InChI=1S/C10H14O/c1-7-5-6-8-3-2-4-9(11)10(7)8/h5-8,10H,2-4H2,1H3/t7-,8+,10-/m0/s1. The molecule has 0 aromatic carbocycles. The van der Waals surface area contributed by atoms with Crippen LogP contribution in [0.1, 0.15) is 26.2 Å². The minimum atomic E-state index is 0.351. The van der Waals surface area contributed by atoms with Crippen LogP contribution in [-0.4, -0.2) is 5.78 Å². The maximum atomic E-state index is 11.4. The highest BCUT2D eigenvalue weighted by Gasteiger charge is 2.36. The van der Waals surface area contributed by atoms with E-state index in [-0.39, 0.29) is 0 Å². The molecule has 1 nitrogen and oxygen atoms in total. The average molecular weight is 150 g/mol. The number of rotatable bonds is 0. The molecule has 1 heteroatoms. The first kappa shape index (κ1) is 7.08. The van der Waals surface area contributed by atoms with Crippen LogP contribution in [0.15, 0.2) is 12.2 Å². The molecule has 0 unspecified atom stereocenters. The predicted octanol–water partition coefficient (Wildman–Crippen LogP) is 2.18. The van der Waals surface area contributed by atoms with Gasteiger partial charge in [-0.3, -0.25) is 4.79 Å². The van der Waals surface area contributed by atoms with Crippen LogP contribution in [0.4, 0.5) is 0 Å². The molecular formula is C10H14O. The first-order valence-electron chi connectivity index (χ1n) is 4.50. The third-order valence-corrected chi connectivity index (χ3v) is 3.02. The average Bonchev–Trinajstić information content (AvgIpc) is 2.34. The number of carbonyl (C=O) groups excluding carboxylic acids is 1. The number of Topliss-reactive ketones (excluding diaryl/α,β-unsaturated/α-hetero) is 1. The minimum absolute atomic E-state index is 0.351. The van der Waals surface area contributed by atoms with Crippen molar-refractivity contribution < 1.29 is 4.79 Å². The molecule has 0 spiro atoms. The molecule has 0 radical (unpaired) electrons. The highest BCUT2D eigenvalue weighted by atomic mass is 16.1. The van der Waals surface area contributed by atoms with Crippen molar-refractivity contribution >= 4 is 5.78 Å². The number of hydrogen-bond donors (Lipinski definition) is 0. The molecule has 3 atom stereocenters. The highest BCUT2D eigenvalue weighted by Crippen LogP contribution is 2.38. The molecule has 0 N–H and O–H groups in total. The van der Waals surface area contributed by atoms with Crippen LogP contribution in [0, 0.1) is 17.8 Å². The van der Waals surface area contributed by atoms with Crippen molar-refractivity contribution in [2.75, 3.05) is 0 Å². The lowest BCUT2D eigenvalue weighted by atomic mass is 9.77. The fourth-order valence-corrected chi connectivity index (χ4v) is 2.43. The molecule has 0 aromatic heterocycles. The Morgan fingerprint density at radius 2 is 2.27 bits per heavy atom. The van der Waals surface area contributed by atoms with Gasteiger partial charge in [0.05, 0.1) is 0 Å². The zero-order valence-electron chi connectivity index (χ0n) is 6.92. The Balaban J connectivity index is 2.19. The molecule has 11 heavy (non-hydrogen) atoms. The zero-order valence-corrected chi connectivity index (χ0v) is 6.92. The lowest BCUT2D eigenvalue weighted by Gasteiger charge is -2.26. The molecule has 0 heterocycles. The van der Waals surface area contributed by atoms with Crippen LogP contribution < -0.4 is 0 Å². The van der Waals surface area contributed by atoms with Crippen molar-refractivity contribution in [3.8, 4) is 0 Å². The van der Waals surface area contributed by atoms with Gasteiger partial charge >= 0.3 is 0 Å². The number of fused-ring (bicyclic) bond motifs is 1. The first-order chi connectivity index (χ1) is 5.29. The summed E-state index contributed by atoms with van der Waals surface area (Å²) in [6, 6.07) is 0. The lowest BCUT2D eigenvalue weighted by Crippen LogP contribution is -2.28. The minimum Gasteiger partial charge on any atom is -0.299 e. The summed E-state index contributed by atoms with van der Waals surface area (Å²) >= 11 is 0. The maximum absolute atomic E-state index is 11.4. The monoisotopic (exact) mass is 150 g/mol. The Labute approximate surface area is 67.5 Å². The summed E-state index contributed by atoms with van der Waals surface area (Å²) in [4.78, 5) is 11.4. The molecule has 2 aliphatic carbocycles.